The van der Waals surface area contributed by atoms with E-state index in [1.54, 1.807) is 36.4 Å². The Kier molecular flexibility index (Phi) is 6.63. The molecule has 0 bridgehead atoms. The highest BCUT2D eigenvalue weighted by atomic mass is 16.5. The van der Waals surface area contributed by atoms with Gasteiger partial charge in [0.25, 0.3) is 5.91 Å². The first-order valence-electron chi connectivity index (χ1n) is 9.29. The van der Waals surface area contributed by atoms with E-state index in [1.165, 1.54) is 12.1 Å². The van der Waals surface area contributed by atoms with Crippen LogP contribution in [0, 0.1) is 0 Å². The Hall–Kier alpha value is -3.88. The van der Waals surface area contributed by atoms with Crippen LogP contribution in [0.25, 0.3) is 11.1 Å². The molecule has 30 heavy (non-hydrogen) atoms. The van der Waals surface area contributed by atoms with E-state index in [0.717, 1.165) is 11.0 Å². The highest BCUT2D eigenvalue weighted by Crippen LogP contribution is 2.12. The molecule has 1 heterocycles. The SMILES string of the molecule is CCCOC(=O)c1ccc(NC(=O)COC(=O)Cn2c(=O)oc3ccccc32)cc1. The Morgan fingerprint density at radius 3 is 2.50 bits per heavy atom. The standard InChI is InChI=1S/C21H20N2O7/c1-2-11-28-20(26)14-7-9-15(10-8-14)22-18(24)13-29-19(25)12-23-16-5-3-4-6-17(16)30-21(23)27/h3-10H,2,11-13H2,1H3,(H,22,24). The smallest absolute Gasteiger partial charge is 0.420 e. The summed E-state index contributed by atoms with van der Waals surface area (Å²) in [7, 11) is 0. The second-order valence-corrected chi connectivity index (χ2v) is 6.34. The largest absolute Gasteiger partial charge is 0.462 e. The Morgan fingerprint density at radius 2 is 1.77 bits per heavy atom. The third-order valence-electron chi connectivity index (χ3n) is 4.07. The number of nitrogens with zero attached hydrogens (tertiary/aromatic N) is 1. The van der Waals surface area contributed by atoms with Gasteiger partial charge in [0, 0.05) is 5.69 Å². The zero-order valence-electron chi connectivity index (χ0n) is 16.3. The van der Waals surface area contributed by atoms with Crippen LogP contribution in [0.1, 0.15) is 23.7 Å². The number of benzene rings is 2. The lowest BCUT2D eigenvalue weighted by Gasteiger charge is -2.08. The van der Waals surface area contributed by atoms with Crippen LogP contribution in [0.2, 0.25) is 0 Å². The number of carbonyl (C=O) groups excluding carboxylic acids is 3. The van der Waals surface area contributed by atoms with Crippen molar-refractivity contribution < 1.29 is 28.3 Å². The maximum absolute atomic E-state index is 12.0. The minimum Gasteiger partial charge on any atom is -0.462 e. The molecule has 0 radical (unpaired) electrons. The van der Waals surface area contributed by atoms with Gasteiger partial charge in [0.05, 0.1) is 17.7 Å². The predicted molar refractivity (Wildman–Crippen MR) is 107 cm³/mol. The van der Waals surface area contributed by atoms with Crippen LogP contribution in [0.3, 0.4) is 0 Å². The van der Waals surface area contributed by atoms with Crippen molar-refractivity contribution in [1.82, 2.24) is 4.57 Å². The van der Waals surface area contributed by atoms with Crippen molar-refractivity contribution >= 4 is 34.6 Å². The van der Waals surface area contributed by atoms with Gasteiger partial charge in [-0.1, -0.05) is 19.1 Å². The highest BCUT2D eigenvalue weighted by molar-refractivity contribution is 5.94. The number of para-hydroxylation sites is 2. The molecule has 0 saturated heterocycles. The molecule has 3 aromatic rings. The molecule has 0 unspecified atom stereocenters. The van der Waals surface area contributed by atoms with Gasteiger partial charge in [0.2, 0.25) is 0 Å². The van der Waals surface area contributed by atoms with Crippen LogP contribution in [0.15, 0.2) is 57.7 Å². The molecule has 156 valence electrons. The second kappa shape index (κ2) is 9.55. The van der Waals surface area contributed by atoms with Crippen LogP contribution < -0.4 is 11.1 Å². The van der Waals surface area contributed by atoms with Crippen molar-refractivity contribution in [2.24, 2.45) is 0 Å². The topological polar surface area (TPSA) is 117 Å². The van der Waals surface area contributed by atoms with E-state index in [1.807, 2.05) is 6.92 Å². The summed E-state index contributed by atoms with van der Waals surface area (Å²) in [5, 5.41) is 2.55. The van der Waals surface area contributed by atoms with Gasteiger partial charge in [-0.2, -0.15) is 0 Å². The maximum Gasteiger partial charge on any atom is 0.420 e. The lowest BCUT2D eigenvalue weighted by atomic mass is 10.2. The van der Waals surface area contributed by atoms with Crippen molar-refractivity contribution in [3.63, 3.8) is 0 Å². The number of hydrogen-bond donors (Lipinski definition) is 1. The minimum absolute atomic E-state index is 0.337. The van der Waals surface area contributed by atoms with E-state index < -0.39 is 30.2 Å². The van der Waals surface area contributed by atoms with E-state index in [2.05, 4.69) is 5.32 Å². The summed E-state index contributed by atoms with van der Waals surface area (Å²) in [5.74, 6) is -2.44. The quantitative estimate of drug-likeness (QED) is 0.564. The average molecular weight is 412 g/mol. The molecule has 1 amide bonds. The lowest BCUT2D eigenvalue weighted by molar-refractivity contribution is -0.147. The molecular formula is C21H20N2O7. The van der Waals surface area contributed by atoms with Crippen molar-refractivity contribution in [2.45, 2.75) is 19.9 Å². The first kappa shape index (κ1) is 20.8. The van der Waals surface area contributed by atoms with Crippen molar-refractivity contribution in [2.75, 3.05) is 18.5 Å². The molecule has 2 aromatic carbocycles. The normalized spacial score (nSPS) is 10.6. The third-order valence-corrected chi connectivity index (χ3v) is 4.07. The first-order chi connectivity index (χ1) is 14.5. The number of amides is 1. The molecule has 1 aromatic heterocycles. The second-order valence-electron chi connectivity index (χ2n) is 6.34. The van der Waals surface area contributed by atoms with Gasteiger partial charge < -0.3 is 19.2 Å². The number of oxazole rings is 1. The molecule has 1 N–H and O–H groups in total. The van der Waals surface area contributed by atoms with Gasteiger partial charge in [-0.05, 0) is 42.8 Å². The average Bonchev–Trinajstić information content (AvgIpc) is 3.06. The lowest BCUT2D eigenvalue weighted by Crippen LogP contribution is -2.25. The van der Waals surface area contributed by atoms with E-state index in [4.69, 9.17) is 13.9 Å². The van der Waals surface area contributed by atoms with E-state index in [9.17, 15) is 19.2 Å². The maximum atomic E-state index is 12.0. The summed E-state index contributed by atoms with van der Waals surface area (Å²) in [6, 6.07) is 12.8. The van der Waals surface area contributed by atoms with E-state index in [0.29, 0.717) is 29.0 Å². The summed E-state index contributed by atoms with van der Waals surface area (Å²) in [6.07, 6.45) is 0.726. The fraction of sp³-hybridized carbons (Fsp3) is 0.238. The number of hydrogen-bond acceptors (Lipinski definition) is 7. The van der Waals surface area contributed by atoms with Gasteiger partial charge >= 0.3 is 17.7 Å². The fourth-order valence-corrected chi connectivity index (χ4v) is 2.65. The van der Waals surface area contributed by atoms with Gasteiger partial charge in [0.15, 0.2) is 12.2 Å². The number of fused-ring (bicyclic) bond motifs is 1. The molecule has 0 aliphatic heterocycles. The molecule has 0 fully saturated rings. The third kappa shape index (κ3) is 5.13. The zero-order chi connectivity index (χ0) is 21.5. The Bertz CT molecular complexity index is 1110. The number of esters is 2. The van der Waals surface area contributed by atoms with Crippen LogP contribution in [0.5, 0.6) is 0 Å². The molecule has 0 spiro atoms. The zero-order valence-corrected chi connectivity index (χ0v) is 16.3. The van der Waals surface area contributed by atoms with Crippen molar-refractivity contribution in [3.8, 4) is 0 Å². The number of aromatic nitrogens is 1. The van der Waals surface area contributed by atoms with Crippen LogP contribution in [0.4, 0.5) is 5.69 Å². The van der Waals surface area contributed by atoms with Crippen molar-refractivity contribution in [3.05, 3.63) is 64.6 Å². The molecular weight excluding hydrogens is 392 g/mol. The summed E-state index contributed by atoms with van der Waals surface area (Å²) < 4.78 is 16.1. The van der Waals surface area contributed by atoms with Crippen LogP contribution >= 0.6 is 0 Å². The molecule has 0 saturated carbocycles. The van der Waals surface area contributed by atoms with Crippen molar-refractivity contribution in [1.29, 1.82) is 0 Å². The summed E-state index contributed by atoms with van der Waals surface area (Å²) in [6.45, 7) is 1.33. The number of anilines is 1. The Morgan fingerprint density at radius 1 is 1.03 bits per heavy atom. The number of rotatable bonds is 8. The number of ether oxygens (including phenoxy) is 2. The minimum atomic E-state index is -0.757. The summed E-state index contributed by atoms with van der Waals surface area (Å²) in [5.41, 5.74) is 1.61. The predicted octanol–water partition coefficient (Wildman–Crippen LogP) is 2.34. The fourth-order valence-electron chi connectivity index (χ4n) is 2.65. The Balaban J connectivity index is 1.50. The van der Waals surface area contributed by atoms with Crippen LogP contribution in [-0.4, -0.2) is 35.6 Å². The summed E-state index contributed by atoms with van der Waals surface area (Å²) >= 11 is 0. The van der Waals surface area contributed by atoms with Gasteiger partial charge in [0.1, 0.15) is 6.54 Å². The van der Waals surface area contributed by atoms with Crippen LogP contribution in [-0.2, 0) is 25.6 Å². The molecule has 0 aliphatic rings. The monoisotopic (exact) mass is 412 g/mol. The number of nitrogens with one attached hydrogen (secondary N) is 1. The molecule has 0 aliphatic carbocycles. The van der Waals surface area contributed by atoms with Gasteiger partial charge in [-0.25, -0.2) is 9.59 Å². The van der Waals surface area contributed by atoms with Gasteiger partial charge in [-0.15, -0.1) is 0 Å². The molecule has 3 rings (SSSR count). The van der Waals surface area contributed by atoms with E-state index >= 15 is 0 Å². The summed E-state index contributed by atoms with van der Waals surface area (Å²) in [4.78, 5) is 47.6. The Labute approximate surface area is 171 Å². The number of carbonyl (C=O) groups is 3. The van der Waals surface area contributed by atoms with Gasteiger partial charge in [-0.3, -0.25) is 14.2 Å². The molecule has 9 nitrogen and oxygen atoms in total. The first-order valence-corrected chi connectivity index (χ1v) is 9.29. The highest BCUT2D eigenvalue weighted by Gasteiger charge is 2.15. The molecule has 9 heteroatoms. The van der Waals surface area contributed by atoms with E-state index in [-0.39, 0.29) is 6.54 Å². The molecule has 0 atom stereocenters.